The molecule has 0 amide bonds. The van der Waals surface area contributed by atoms with Crippen LogP contribution in [0.3, 0.4) is 0 Å². The van der Waals surface area contributed by atoms with Crippen molar-refractivity contribution in [2.24, 2.45) is 0 Å². The second-order valence-corrected chi connectivity index (χ2v) is 9.13. The van der Waals surface area contributed by atoms with Crippen molar-refractivity contribution in [2.75, 3.05) is 27.5 Å². The number of halogens is 2. The molecule has 0 radical (unpaired) electrons. The highest BCUT2D eigenvalue weighted by atomic mass is 35.5. The maximum absolute atomic E-state index is 13.0. The molecule has 180 valence electrons. The van der Waals surface area contributed by atoms with Crippen molar-refractivity contribution in [2.45, 2.75) is 13.0 Å². The Kier molecular flexibility index (Phi) is 6.60. The zero-order valence-corrected chi connectivity index (χ0v) is 20.8. The molecule has 0 saturated heterocycles. The lowest BCUT2D eigenvalue weighted by Crippen LogP contribution is -2.33. The van der Waals surface area contributed by atoms with Gasteiger partial charge in [0.25, 0.3) is 0 Å². The molecule has 0 N–H and O–H groups in total. The van der Waals surface area contributed by atoms with Gasteiger partial charge in [-0.1, -0.05) is 35.3 Å². The summed E-state index contributed by atoms with van der Waals surface area (Å²) >= 11 is 12.3. The number of Topliss-reactive ketones (excluding diaryl/α,β-unsaturated/α-hetero) is 1. The monoisotopic (exact) mass is 511 g/mol. The topological polar surface area (TPSA) is 57.2 Å². The zero-order valence-electron chi connectivity index (χ0n) is 19.3. The Morgan fingerprint density at radius 1 is 1.03 bits per heavy atom. The predicted octanol–water partition coefficient (Wildman–Crippen LogP) is 6.02. The maximum Gasteiger partial charge on any atom is 0.231 e. The Balaban J connectivity index is 1.34. The van der Waals surface area contributed by atoms with Crippen molar-refractivity contribution >= 4 is 35.1 Å². The summed E-state index contributed by atoms with van der Waals surface area (Å²) in [5.41, 5.74) is 3.17. The molecule has 0 saturated carbocycles. The van der Waals surface area contributed by atoms with Crippen molar-refractivity contribution in [1.82, 2.24) is 4.90 Å². The molecule has 6 nitrogen and oxygen atoms in total. The highest BCUT2D eigenvalue weighted by Crippen LogP contribution is 2.42. The number of carbonyl (C=O) groups is 1. The molecule has 2 heterocycles. The van der Waals surface area contributed by atoms with Gasteiger partial charge in [-0.05, 0) is 60.0 Å². The normalized spacial score (nSPS) is 15.9. The molecule has 0 atom stereocenters. The largest absolute Gasteiger partial charge is 0.493 e. The Bertz CT molecular complexity index is 1340. The van der Waals surface area contributed by atoms with E-state index in [2.05, 4.69) is 4.90 Å². The van der Waals surface area contributed by atoms with E-state index in [4.69, 9.17) is 42.1 Å². The Morgan fingerprint density at radius 3 is 2.63 bits per heavy atom. The number of rotatable bonds is 6. The summed E-state index contributed by atoms with van der Waals surface area (Å²) in [5.74, 6) is 2.71. The van der Waals surface area contributed by atoms with Gasteiger partial charge in [-0.2, -0.15) is 0 Å². The molecule has 0 fully saturated rings. The summed E-state index contributed by atoms with van der Waals surface area (Å²) in [5, 5.41) is 0.975. The first-order valence-corrected chi connectivity index (χ1v) is 11.8. The van der Waals surface area contributed by atoms with Crippen LogP contribution in [0.4, 0.5) is 0 Å². The van der Waals surface area contributed by atoms with Gasteiger partial charge in [-0.15, -0.1) is 0 Å². The van der Waals surface area contributed by atoms with Gasteiger partial charge < -0.3 is 18.9 Å². The van der Waals surface area contributed by atoms with Crippen molar-refractivity contribution < 1.29 is 23.7 Å². The first kappa shape index (κ1) is 23.5. The molecule has 35 heavy (non-hydrogen) atoms. The number of methoxy groups -OCH3 is 2. The summed E-state index contributed by atoms with van der Waals surface area (Å²) < 4.78 is 22.8. The van der Waals surface area contributed by atoms with Crippen LogP contribution in [0.15, 0.2) is 54.3 Å². The van der Waals surface area contributed by atoms with Crippen molar-refractivity contribution in [3.8, 4) is 23.0 Å². The number of ketones is 1. The number of carbonyl (C=O) groups excluding carboxylic acids is 1. The fourth-order valence-corrected chi connectivity index (χ4v) is 4.69. The molecule has 3 aromatic carbocycles. The van der Waals surface area contributed by atoms with Crippen LogP contribution in [0.2, 0.25) is 10.0 Å². The first-order valence-electron chi connectivity index (χ1n) is 11.1. The Morgan fingerprint density at radius 2 is 1.86 bits per heavy atom. The molecule has 3 aromatic rings. The van der Waals surface area contributed by atoms with E-state index in [9.17, 15) is 4.79 Å². The van der Waals surface area contributed by atoms with Crippen LogP contribution in [0.1, 0.15) is 27.0 Å². The summed E-state index contributed by atoms with van der Waals surface area (Å²) in [7, 11) is 3.25. The van der Waals surface area contributed by atoms with E-state index in [0.717, 1.165) is 29.8 Å². The maximum atomic E-state index is 13.0. The summed E-state index contributed by atoms with van der Waals surface area (Å²) in [6, 6.07) is 14.6. The highest BCUT2D eigenvalue weighted by Gasteiger charge is 2.33. The number of nitrogens with zero attached hydrogens (tertiary/aromatic N) is 1. The second kappa shape index (κ2) is 9.82. The molecule has 0 spiro atoms. The average Bonchev–Trinajstić information content (AvgIpc) is 3.19. The number of hydrogen-bond donors (Lipinski definition) is 0. The third-order valence-corrected chi connectivity index (χ3v) is 6.66. The molecular weight excluding hydrogens is 489 g/mol. The van der Waals surface area contributed by atoms with Crippen LogP contribution < -0.4 is 18.9 Å². The van der Waals surface area contributed by atoms with Gasteiger partial charge in [0.2, 0.25) is 5.78 Å². The fourth-order valence-electron chi connectivity index (χ4n) is 4.23. The third-order valence-electron chi connectivity index (χ3n) is 6.10. The van der Waals surface area contributed by atoms with Crippen LogP contribution in [-0.4, -0.2) is 38.2 Å². The fraction of sp³-hybridized carbons (Fsp3) is 0.222. The Hall–Kier alpha value is -3.19. The second-order valence-electron chi connectivity index (χ2n) is 8.29. The summed E-state index contributed by atoms with van der Waals surface area (Å²) in [4.78, 5) is 15.2. The standard InChI is InChI=1S/C27H23Cl2NO5/c1-32-23-7-3-16(11-24(23)33-2)9-10-30-14-20-22(34-15-30)8-6-19-26(31)25(35-27(19)20)12-17-4-5-18(28)13-21(17)29/h3-8,11-13H,9-10,14-15H2,1-2H3/b25-12-. The van der Waals surface area contributed by atoms with E-state index in [-0.39, 0.29) is 11.5 Å². The van der Waals surface area contributed by atoms with E-state index in [1.807, 2.05) is 24.3 Å². The summed E-state index contributed by atoms with van der Waals surface area (Å²) in [6.45, 7) is 1.82. The smallest absolute Gasteiger partial charge is 0.231 e. The minimum atomic E-state index is -0.184. The number of ether oxygens (including phenoxy) is 4. The van der Waals surface area contributed by atoms with E-state index in [0.29, 0.717) is 51.7 Å². The van der Waals surface area contributed by atoms with Crippen molar-refractivity contribution in [3.05, 3.63) is 86.6 Å². The lowest BCUT2D eigenvalue weighted by Gasteiger charge is -2.29. The average molecular weight is 512 g/mol. The molecule has 0 aromatic heterocycles. The highest BCUT2D eigenvalue weighted by molar-refractivity contribution is 6.35. The van der Waals surface area contributed by atoms with Crippen LogP contribution >= 0.6 is 23.2 Å². The van der Waals surface area contributed by atoms with Crippen LogP contribution in [0, 0.1) is 0 Å². The molecule has 0 aliphatic carbocycles. The third kappa shape index (κ3) is 4.69. The van der Waals surface area contributed by atoms with Gasteiger partial charge in [0.15, 0.2) is 17.3 Å². The minimum absolute atomic E-state index is 0.184. The molecular formula is C27H23Cl2NO5. The van der Waals surface area contributed by atoms with E-state index in [1.54, 1.807) is 44.6 Å². The quantitative estimate of drug-likeness (QED) is 0.377. The van der Waals surface area contributed by atoms with Crippen molar-refractivity contribution in [3.63, 3.8) is 0 Å². The van der Waals surface area contributed by atoms with Gasteiger partial charge >= 0.3 is 0 Å². The van der Waals surface area contributed by atoms with Gasteiger partial charge in [-0.3, -0.25) is 9.69 Å². The minimum Gasteiger partial charge on any atom is -0.493 e. The van der Waals surface area contributed by atoms with E-state index in [1.165, 1.54) is 0 Å². The van der Waals surface area contributed by atoms with Gasteiger partial charge in [0.1, 0.15) is 18.2 Å². The van der Waals surface area contributed by atoms with Gasteiger partial charge in [-0.25, -0.2) is 0 Å². The molecule has 8 heteroatoms. The molecule has 2 aliphatic rings. The van der Waals surface area contributed by atoms with Crippen LogP contribution in [0.5, 0.6) is 23.0 Å². The zero-order chi connectivity index (χ0) is 24.5. The van der Waals surface area contributed by atoms with E-state index < -0.39 is 0 Å². The number of fused-ring (bicyclic) bond motifs is 3. The lowest BCUT2D eigenvalue weighted by atomic mass is 10.0. The van der Waals surface area contributed by atoms with E-state index >= 15 is 0 Å². The lowest BCUT2D eigenvalue weighted by molar-refractivity contribution is 0.0949. The predicted molar refractivity (Wildman–Crippen MR) is 135 cm³/mol. The number of hydrogen-bond acceptors (Lipinski definition) is 6. The van der Waals surface area contributed by atoms with Crippen LogP contribution in [0.25, 0.3) is 6.08 Å². The Labute approximate surface area is 213 Å². The number of benzene rings is 3. The molecule has 5 rings (SSSR count). The molecule has 0 unspecified atom stereocenters. The van der Waals surface area contributed by atoms with Crippen molar-refractivity contribution in [1.29, 1.82) is 0 Å². The first-order chi connectivity index (χ1) is 17.0. The van der Waals surface area contributed by atoms with Crippen LogP contribution in [-0.2, 0) is 13.0 Å². The van der Waals surface area contributed by atoms with Gasteiger partial charge in [0.05, 0.1) is 25.3 Å². The summed E-state index contributed by atoms with van der Waals surface area (Å²) in [6.07, 6.45) is 2.44. The SMILES string of the molecule is COc1ccc(CCN2COc3ccc4c(c3C2)O/C(=C\c2ccc(Cl)cc2Cl)C4=O)cc1OC. The van der Waals surface area contributed by atoms with Gasteiger partial charge in [0, 0.05) is 23.1 Å². The molecule has 0 bridgehead atoms. The molecule has 2 aliphatic heterocycles. The number of allylic oxidation sites excluding steroid dienone is 1.